The average molecular weight is 378 g/mol. The molecule has 5 nitrogen and oxygen atoms in total. The summed E-state index contributed by atoms with van der Waals surface area (Å²) in [6.07, 6.45) is 1.93. The monoisotopic (exact) mass is 378 g/mol. The van der Waals surface area contributed by atoms with Crippen molar-refractivity contribution in [3.8, 4) is 0 Å². The van der Waals surface area contributed by atoms with Crippen molar-refractivity contribution in [2.24, 2.45) is 5.92 Å². The van der Waals surface area contributed by atoms with E-state index in [0.29, 0.717) is 32.4 Å². The molecule has 0 radical (unpaired) electrons. The van der Waals surface area contributed by atoms with Crippen molar-refractivity contribution in [2.45, 2.75) is 51.0 Å². The number of aromatic nitrogens is 1. The molecule has 1 saturated heterocycles. The highest BCUT2D eigenvalue weighted by molar-refractivity contribution is 5.76. The van der Waals surface area contributed by atoms with E-state index in [1.54, 1.807) is 0 Å². The minimum Gasteiger partial charge on any atom is -0.354 e. The predicted molar refractivity (Wildman–Crippen MR) is 100.0 cm³/mol. The number of rotatable bonds is 3. The topological polar surface area (TPSA) is 48.5 Å². The number of nitrogens with zero attached hydrogens (tertiary/aromatic N) is 3. The van der Waals surface area contributed by atoms with Crippen molar-refractivity contribution in [3.63, 3.8) is 0 Å². The van der Waals surface area contributed by atoms with Crippen LogP contribution in [0.1, 0.15) is 43.4 Å². The first-order chi connectivity index (χ1) is 13.0. The van der Waals surface area contributed by atoms with E-state index in [1.807, 2.05) is 4.90 Å². The second kappa shape index (κ2) is 7.70. The number of halogens is 2. The fourth-order valence-electron chi connectivity index (χ4n) is 4.37. The summed E-state index contributed by atoms with van der Waals surface area (Å²) in [4.78, 5) is 21.7. The maximum Gasteiger partial charge on any atom is 0.248 e. The lowest BCUT2D eigenvalue weighted by molar-refractivity contribution is -0.134. The van der Waals surface area contributed by atoms with E-state index in [9.17, 15) is 13.6 Å². The minimum absolute atomic E-state index is 0.0769. The molecule has 1 amide bonds. The molecule has 3 heterocycles. The van der Waals surface area contributed by atoms with Crippen molar-refractivity contribution in [3.05, 3.63) is 23.4 Å². The van der Waals surface area contributed by atoms with Gasteiger partial charge in [0.15, 0.2) is 0 Å². The Balaban J connectivity index is 1.34. The molecule has 1 aromatic heterocycles. The summed E-state index contributed by atoms with van der Waals surface area (Å²) < 4.78 is 26.6. The average Bonchev–Trinajstić information content (AvgIpc) is 2.69. The van der Waals surface area contributed by atoms with Gasteiger partial charge in [0.2, 0.25) is 11.8 Å². The maximum atomic E-state index is 13.3. The zero-order chi connectivity index (χ0) is 18.9. The minimum atomic E-state index is -2.53. The second-order valence-corrected chi connectivity index (χ2v) is 8.08. The second-order valence-electron chi connectivity index (χ2n) is 8.08. The van der Waals surface area contributed by atoms with Gasteiger partial charge in [-0.1, -0.05) is 6.07 Å². The van der Waals surface area contributed by atoms with E-state index in [4.69, 9.17) is 4.98 Å². The van der Waals surface area contributed by atoms with Crippen LogP contribution in [0.5, 0.6) is 0 Å². The van der Waals surface area contributed by atoms with Gasteiger partial charge in [-0.05, 0) is 30.4 Å². The van der Waals surface area contributed by atoms with Crippen LogP contribution >= 0.6 is 0 Å². The Labute approximate surface area is 159 Å². The largest absolute Gasteiger partial charge is 0.354 e. The van der Waals surface area contributed by atoms with Crippen molar-refractivity contribution >= 4 is 11.7 Å². The van der Waals surface area contributed by atoms with Crippen molar-refractivity contribution in [1.82, 2.24) is 15.2 Å². The molecule has 148 valence electrons. The summed E-state index contributed by atoms with van der Waals surface area (Å²) in [6, 6.07) is 4.15. The van der Waals surface area contributed by atoms with Crippen LogP contribution in [-0.2, 0) is 17.8 Å². The Bertz CT molecular complexity index is 681. The van der Waals surface area contributed by atoms with E-state index in [0.717, 1.165) is 49.7 Å². The molecular formula is C20H28F2N4O. The molecule has 1 saturated carbocycles. The summed E-state index contributed by atoms with van der Waals surface area (Å²) in [6.45, 7) is 5.16. The van der Waals surface area contributed by atoms with Gasteiger partial charge in [-0.15, -0.1) is 0 Å². The van der Waals surface area contributed by atoms with Gasteiger partial charge in [0.25, 0.3) is 0 Å². The lowest BCUT2D eigenvalue weighted by atomic mass is 9.84. The first kappa shape index (κ1) is 18.6. The molecule has 1 aromatic rings. The summed E-state index contributed by atoms with van der Waals surface area (Å²) in [5.41, 5.74) is 2.20. The molecule has 0 unspecified atom stereocenters. The third-order valence-corrected chi connectivity index (χ3v) is 6.13. The molecule has 1 aliphatic carbocycles. The third-order valence-electron chi connectivity index (χ3n) is 6.13. The number of anilines is 1. The SMILES string of the molecule is O=C(CC1CCC(F)(F)CC1)N1CCc2nc(N3CCNCC3)ccc2C1. The normalized spacial score (nSPS) is 23.2. The quantitative estimate of drug-likeness (QED) is 0.878. The van der Waals surface area contributed by atoms with Gasteiger partial charge in [-0.2, -0.15) is 0 Å². The first-order valence-electron chi connectivity index (χ1n) is 10.1. The number of pyridine rings is 1. The van der Waals surface area contributed by atoms with Crippen LogP contribution < -0.4 is 10.2 Å². The zero-order valence-corrected chi connectivity index (χ0v) is 15.7. The zero-order valence-electron chi connectivity index (χ0n) is 15.7. The molecule has 2 aliphatic heterocycles. The summed E-state index contributed by atoms with van der Waals surface area (Å²) in [5, 5.41) is 3.35. The van der Waals surface area contributed by atoms with Crippen LogP contribution in [0.25, 0.3) is 0 Å². The molecule has 0 spiro atoms. The van der Waals surface area contributed by atoms with Crippen LogP contribution in [0, 0.1) is 5.92 Å². The number of amides is 1. The van der Waals surface area contributed by atoms with E-state index in [2.05, 4.69) is 22.3 Å². The first-order valence-corrected chi connectivity index (χ1v) is 10.1. The third kappa shape index (κ3) is 4.39. The highest BCUT2D eigenvalue weighted by Gasteiger charge is 2.36. The molecule has 7 heteroatoms. The molecule has 4 rings (SSSR count). The smallest absolute Gasteiger partial charge is 0.248 e. The molecular weight excluding hydrogens is 350 g/mol. The number of alkyl halides is 2. The summed E-state index contributed by atoms with van der Waals surface area (Å²) >= 11 is 0. The molecule has 0 aromatic carbocycles. The molecule has 3 aliphatic rings. The molecule has 27 heavy (non-hydrogen) atoms. The van der Waals surface area contributed by atoms with Crippen molar-refractivity contribution in [1.29, 1.82) is 0 Å². The Morgan fingerprint density at radius 1 is 1.19 bits per heavy atom. The van der Waals surface area contributed by atoms with Crippen LogP contribution in [0.15, 0.2) is 12.1 Å². The Morgan fingerprint density at radius 3 is 2.67 bits per heavy atom. The number of hydrogen-bond donors (Lipinski definition) is 1. The van der Waals surface area contributed by atoms with Crippen molar-refractivity contribution in [2.75, 3.05) is 37.6 Å². The van der Waals surface area contributed by atoms with E-state index in [-0.39, 0.29) is 24.7 Å². The number of nitrogens with one attached hydrogen (secondary N) is 1. The maximum absolute atomic E-state index is 13.3. The van der Waals surface area contributed by atoms with Gasteiger partial charge in [0.1, 0.15) is 5.82 Å². The van der Waals surface area contributed by atoms with E-state index >= 15 is 0 Å². The van der Waals surface area contributed by atoms with Gasteiger partial charge in [-0.3, -0.25) is 4.79 Å². The van der Waals surface area contributed by atoms with Crippen molar-refractivity contribution < 1.29 is 13.6 Å². The predicted octanol–water partition coefficient (Wildman–Crippen LogP) is 2.59. The van der Waals surface area contributed by atoms with Crippen LogP contribution in [0.4, 0.5) is 14.6 Å². The van der Waals surface area contributed by atoms with Gasteiger partial charge >= 0.3 is 0 Å². The summed E-state index contributed by atoms with van der Waals surface area (Å²) in [5.74, 6) is -1.30. The van der Waals surface area contributed by atoms with Crippen LogP contribution in [0.3, 0.4) is 0 Å². The number of piperazine rings is 1. The number of hydrogen-bond acceptors (Lipinski definition) is 4. The van der Waals surface area contributed by atoms with Gasteiger partial charge in [0.05, 0.1) is 0 Å². The Morgan fingerprint density at radius 2 is 1.93 bits per heavy atom. The number of carbonyl (C=O) groups excluding carboxylic acids is 1. The lowest BCUT2D eigenvalue weighted by Gasteiger charge is -2.33. The Hall–Kier alpha value is -1.76. The van der Waals surface area contributed by atoms with Crippen LogP contribution in [-0.4, -0.2) is 54.4 Å². The van der Waals surface area contributed by atoms with Gasteiger partial charge < -0.3 is 15.1 Å². The lowest BCUT2D eigenvalue weighted by Crippen LogP contribution is -2.44. The van der Waals surface area contributed by atoms with Gasteiger partial charge in [-0.25, -0.2) is 13.8 Å². The standard InChI is InChI=1S/C20H28F2N4O/c21-20(22)6-3-15(4-7-20)13-19(27)26-10-5-17-16(14-26)1-2-18(24-17)25-11-8-23-9-12-25/h1-2,15,23H,3-14H2. The fourth-order valence-corrected chi connectivity index (χ4v) is 4.37. The number of carbonyl (C=O) groups is 1. The molecule has 0 atom stereocenters. The molecule has 1 N–H and O–H groups in total. The molecule has 0 bridgehead atoms. The van der Waals surface area contributed by atoms with E-state index in [1.165, 1.54) is 0 Å². The molecule has 2 fully saturated rings. The number of fused-ring (bicyclic) bond motifs is 1. The van der Waals surface area contributed by atoms with Crippen LogP contribution in [0.2, 0.25) is 0 Å². The highest BCUT2D eigenvalue weighted by atomic mass is 19.3. The van der Waals surface area contributed by atoms with E-state index < -0.39 is 5.92 Å². The van der Waals surface area contributed by atoms with Gasteiger partial charge in [0, 0.05) is 70.6 Å². The fraction of sp³-hybridized carbons (Fsp3) is 0.700. The summed E-state index contributed by atoms with van der Waals surface area (Å²) in [7, 11) is 0. The highest BCUT2D eigenvalue weighted by Crippen LogP contribution is 2.37. The Kier molecular flexibility index (Phi) is 5.30.